The summed E-state index contributed by atoms with van der Waals surface area (Å²) in [4.78, 5) is 0. The van der Waals surface area contributed by atoms with Gasteiger partial charge in [-0.2, -0.15) is 27.2 Å². The van der Waals surface area contributed by atoms with Gasteiger partial charge in [0, 0.05) is 21.1 Å². The maximum atomic E-state index is 6.94. The monoisotopic (exact) mass is 444 g/mol. The first-order valence-corrected chi connectivity index (χ1v) is 6.44. The predicted octanol–water partition coefficient (Wildman–Crippen LogP) is 5.69. The third kappa shape index (κ3) is 792. The van der Waals surface area contributed by atoms with Crippen molar-refractivity contribution in [1.82, 2.24) is 0 Å². The first kappa shape index (κ1) is 31.8. The van der Waals surface area contributed by atoms with Crippen LogP contribution < -0.4 is 0 Å². The van der Waals surface area contributed by atoms with Crippen LogP contribution in [0.2, 0.25) is 0 Å². The molecule has 0 aromatic heterocycles. The molecule has 0 aliphatic heterocycles. The van der Waals surface area contributed by atoms with E-state index >= 15 is 0 Å². The van der Waals surface area contributed by atoms with Crippen molar-refractivity contribution < 1.29 is 21.1 Å². The van der Waals surface area contributed by atoms with Gasteiger partial charge in [0.1, 0.15) is 0 Å². The van der Waals surface area contributed by atoms with Gasteiger partial charge in [0.2, 0.25) is 0 Å². The molecule has 0 rings (SSSR count). The molecular weight excluding hydrogens is 408 g/mol. The standard InChI is InChI=1S/2C4H10N.2C3H8N.W/c2*1-4(2,3)5;2*1-3-4-2;/h2*5H,1-3H3;2*3H2,1-2H3;/q4*-1;. The van der Waals surface area contributed by atoms with Crippen LogP contribution in [0.15, 0.2) is 0 Å². The molecule has 0 aliphatic carbocycles. The summed E-state index contributed by atoms with van der Waals surface area (Å²) in [6, 6.07) is 0. The predicted molar refractivity (Wildman–Crippen MR) is 87.8 cm³/mol. The Morgan fingerprint density at radius 2 is 0.737 bits per heavy atom. The Kier molecular flexibility index (Phi) is 34.8. The Morgan fingerprint density at radius 1 is 0.684 bits per heavy atom. The SMILES string of the molecule is CC(C)(C)[NH-].CC(C)(C)[NH-].CC[N-]C.CC[N-]C.[W]. The second kappa shape index (κ2) is 20.8. The van der Waals surface area contributed by atoms with E-state index in [2.05, 4.69) is 10.6 Å². The smallest absolute Gasteiger partial charge is 0 e. The summed E-state index contributed by atoms with van der Waals surface area (Å²) in [7, 11) is 3.61. The van der Waals surface area contributed by atoms with E-state index in [1.54, 1.807) is 14.1 Å². The Bertz CT molecular complexity index is 96.4. The zero-order valence-electron chi connectivity index (χ0n) is 14.7. The minimum atomic E-state index is -0.250. The number of nitrogens with zero attached hydrogens (tertiary/aromatic N) is 2. The van der Waals surface area contributed by atoms with Crippen LogP contribution in [-0.2, 0) is 21.1 Å². The molecule has 0 aromatic rings. The fraction of sp³-hybridized carbons (Fsp3) is 1.00. The van der Waals surface area contributed by atoms with Crippen molar-refractivity contribution in [3.05, 3.63) is 22.1 Å². The Hall–Kier alpha value is 0.528. The number of rotatable bonds is 2. The molecule has 0 aromatic carbocycles. The van der Waals surface area contributed by atoms with E-state index in [0.717, 1.165) is 13.1 Å². The molecule has 0 spiro atoms. The van der Waals surface area contributed by atoms with E-state index in [9.17, 15) is 0 Å². The largest absolute Gasteiger partial charge is 0.673 e. The molecule has 2 N–H and O–H groups in total. The molecule has 0 radical (unpaired) electrons. The molecule has 0 amide bonds. The zero-order chi connectivity index (χ0) is 15.8. The van der Waals surface area contributed by atoms with Crippen LogP contribution in [0.25, 0.3) is 22.1 Å². The van der Waals surface area contributed by atoms with Crippen LogP contribution in [0.1, 0.15) is 55.4 Å². The zero-order valence-corrected chi connectivity index (χ0v) is 17.7. The summed E-state index contributed by atoms with van der Waals surface area (Å²) < 4.78 is 0. The fourth-order valence-corrected chi connectivity index (χ4v) is 0. The molecule has 0 atom stereocenters. The van der Waals surface area contributed by atoms with E-state index < -0.39 is 0 Å². The minimum absolute atomic E-state index is 0. The van der Waals surface area contributed by atoms with Gasteiger partial charge in [0.15, 0.2) is 0 Å². The average molecular weight is 444 g/mol. The van der Waals surface area contributed by atoms with Crippen molar-refractivity contribution in [1.29, 1.82) is 0 Å². The summed E-state index contributed by atoms with van der Waals surface area (Å²) in [5.41, 5.74) is 13.4. The fourth-order valence-electron chi connectivity index (χ4n) is 0. The summed E-state index contributed by atoms with van der Waals surface area (Å²) in [6.07, 6.45) is 0. The van der Waals surface area contributed by atoms with Gasteiger partial charge in [0.05, 0.1) is 0 Å². The summed E-state index contributed by atoms with van der Waals surface area (Å²) in [5, 5.41) is 7.47. The summed E-state index contributed by atoms with van der Waals surface area (Å²) >= 11 is 0. The summed E-state index contributed by atoms with van der Waals surface area (Å²) in [5.74, 6) is 0. The maximum absolute atomic E-state index is 6.94. The topological polar surface area (TPSA) is 75.8 Å². The van der Waals surface area contributed by atoms with Crippen LogP contribution in [0.3, 0.4) is 0 Å². The van der Waals surface area contributed by atoms with Crippen LogP contribution in [-0.4, -0.2) is 38.3 Å². The van der Waals surface area contributed by atoms with Crippen molar-refractivity contribution in [2.45, 2.75) is 66.5 Å². The molecule has 5 heteroatoms. The first-order valence-electron chi connectivity index (χ1n) is 6.44. The second-order valence-electron chi connectivity index (χ2n) is 5.76. The quantitative estimate of drug-likeness (QED) is 0.525. The molecular formula is C14H36N4W-4. The van der Waals surface area contributed by atoms with Crippen molar-refractivity contribution in [3.63, 3.8) is 0 Å². The van der Waals surface area contributed by atoms with Crippen molar-refractivity contribution in [2.75, 3.05) is 27.2 Å². The van der Waals surface area contributed by atoms with E-state index in [1.165, 1.54) is 0 Å². The molecule has 19 heavy (non-hydrogen) atoms. The number of hydrogen-bond acceptors (Lipinski definition) is 0. The van der Waals surface area contributed by atoms with Gasteiger partial charge in [-0.05, 0) is 0 Å². The van der Waals surface area contributed by atoms with Gasteiger partial charge in [-0.15, -0.1) is 11.1 Å². The molecule has 0 fully saturated rings. The van der Waals surface area contributed by atoms with Crippen LogP contribution in [0.4, 0.5) is 0 Å². The average Bonchev–Trinajstić information content (AvgIpc) is 2.12. The van der Waals surface area contributed by atoms with Crippen LogP contribution in [0, 0.1) is 0 Å². The van der Waals surface area contributed by atoms with Crippen molar-refractivity contribution in [3.8, 4) is 0 Å². The second-order valence-corrected chi connectivity index (χ2v) is 5.76. The summed E-state index contributed by atoms with van der Waals surface area (Å²) in [6.45, 7) is 17.0. The molecule has 122 valence electrons. The normalized spacial score (nSPS) is 9.47. The molecule has 0 aliphatic rings. The van der Waals surface area contributed by atoms with E-state index in [4.69, 9.17) is 11.5 Å². The molecule has 4 nitrogen and oxygen atoms in total. The van der Waals surface area contributed by atoms with Gasteiger partial charge < -0.3 is 22.1 Å². The first-order chi connectivity index (χ1) is 7.83. The third-order valence-corrected chi connectivity index (χ3v) is 0.632. The Morgan fingerprint density at radius 3 is 0.737 bits per heavy atom. The maximum Gasteiger partial charge on any atom is 0 e. The minimum Gasteiger partial charge on any atom is -0.673 e. The van der Waals surface area contributed by atoms with E-state index in [1.807, 2.05) is 55.4 Å². The van der Waals surface area contributed by atoms with Crippen LogP contribution >= 0.6 is 0 Å². The van der Waals surface area contributed by atoms with Gasteiger partial charge in [0.25, 0.3) is 0 Å². The van der Waals surface area contributed by atoms with Gasteiger partial charge in [-0.3, -0.25) is 0 Å². The molecule has 0 saturated carbocycles. The van der Waals surface area contributed by atoms with Crippen molar-refractivity contribution >= 4 is 0 Å². The Labute approximate surface area is 137 Å². The molecule has 0 saturated heterocycles. The van der Waals surface area contributed by atoms with Gasteiger partial charge >= 0.3 is 0 Å². The van der Waals surface area contributed by atoms with E-state index in [0.29, 0.717) is 0 Å². The molecule has 0 unspecified atom stereocenters. The Balaban J connectivity index is -0.0000000453. The van der Waals surface area contributed by atoms with Gasteiger partial charge in [-0.1, -0.05) is 55.4 Å². The number of nitrogens with one attached hydrogen (secondary N) is 2. The van der Waals surface area contributed by atoms with E-state index in [-0.39, 0.29) is 32.1 Å². The third-order valence-electron chi connectivity index (χ3n) is 0.632. The van der Waals surface area contributed by atoms with Crippen LogP contribution in [0.5, 0.6) is 0 Å². The number of hydrogen-bond donors (Lipinski definition) is 0. The molecule has 0 heterocycles. The van der Waals surface area contributed by atoms with Gasteiger partial charge in [-0.25, -0.2) is 0 Å². The van der Waals surface area contributed by atoms with Crippen molar-refractivity contribution in [2.24, 2.45) is 0 Å². The molecule has 0 bridgehead atoms.